The van der Waals surface area contributed by atoms with Crippen LogP contribution in [0.5, 0.6) is 0 Å². The van der Waals surface area contributed by atoms with Gasteiger partial charge in [-0.2, -0.15) is 0 Å². The van der Waals surface area contributed by atoms with Crippen LogP contribution in [0.4, 0.5) is 0 Å². The molecule has 2 rings (SSSR count). The van der Waals surface area contributed by atoms with E-state index in [4.69, 9.17) is 0 Å². The second-order valence-corrected chi connectivity index (χ2v) is 7.06. The van der Waals surface area contributed by atoms with Crippen molar-refractivity contribution in [3.05, 3.63) is 34.9 Å². The molecule has 0 aliphatic heterocycles. The molecule has 2 N–H and O–H groups in total. The molecule has 0 amide bonds. The summed E-state index contributed by atoms with van der Waals surface area (Å²) in [6, 6.07) is 7.04. The normalized spacial score (nSPS) is 19.7. The van der Waals surface area contributed by atoms with E-state index in [1.54, 1.807) is 0 Å². The molecule has 0 radical (unpaired) electrons. The van der Waals surface area contributed by atoms with Gasteiger partial charge in [0.2, 0.25) is 0 Å². The Labute approximate surface area is 130 Å². The van der Waals surface area contributed by atoms with Crippen molar-refractivity contribution in [1.29, 1.82) is 0 Å². The van der Waals surface area contributed by atoms with Gasteiger partial charge in [-0.05, 0) is 49.3 Å². The van der Waals surface area contributed by atoms with Crippen LogP contribution in [0, 0.1) is 19.8 Å². The van der Waals surface area contributed by atoms with Crippen LogP contribution < -0.4 is 5.32 Å². The van der Waals surface area contributed by atoms with Gasteiger partial charge in [0.25, 0.3) is 0 Å². The average Bonchev–Trinajstić information content (AvgIpc) is 2.47. The summed E-state index contributed by atoms with van der Waals surface area (Å²) in [5.41, 5.74) is 3.58. The van der Waals surface area contributed by atoms with Crippen molar-refractivity contribution in [3.63, 3.8) is 0 Å². The highest BCUT2D eigenvalue weighted by Crippen LogP contribution is 2.26. The van der Waals surface area contributed by atoms with E-state index in [0.29, 0.717) is 12.0 Å². The fraction of sp³-hybridized carbons (Fsp3) is 0.684. The minimum atomic E-state index is -0.425. The van der Waals surface area contributed by atoms with Gasteiger partial charge in [-0.1, -0.05) is 51.3 Å². The lowest BCUT2D eigenvalue weighted by Crippen LogP contribution is -2.45. The molecule has 0 saturated heterocycles. The summed E-state index contributed by atoms with van der Waals surface area (Å²) in [4.78, 5) is 0. The Kier molecular flexibility index (Phi) is 5.83. The van der Waals surface area contributed by atoms with E-state index in [1.165, 1.54) is 43.2 Å². The Bertz CT molecular complexity index is 449. The van der Waals surface area contributed by atoms with Gasteiger partial charge in [0.1, 0.15) is 0 Å². The summed E-state index contributed by atoms with van der Waals surface area (Å²) in [6.45, 7) is 8.63. The summed E-state index contributed by atoms with van der Waals surface area (Å²) < 4.78 is 0. The zero-order valence-electron chi connectivity index (χ0n) is 14.0. The van der Waals surface area contributed by atoms with Gasteiger partial charge in [0.05, 0.1) is 6.10 Å². The molecule has 0 heterocycles. The number of benzene rings is 1. The van der Waals surface area contributed by atoms with E-state index in [0.717, 1.165) is 5.56 Å². The molecule has 2 heteroatoms. The van der Waals surface area contributed by atoms with Gasteiger partial charge < -0.3 is 10.4 Å². The van der Waals surface area contributed by atoms with Crippen LogP contribution >= 0.6 is 0 Å². The van der Waals surface area contributed by atoms with E-state index in [2.05, 4.69) is 51.2 Å². The highest BCUT2D eigenvalue weighted by Gasteiger charge is 2.27. The first-order chi connectivity index (χ1) is 9.99. The summed E-state index contributed by atoms with van der Waals surface area (Å²) in [5.74, 6) is 0.420. The molecule has 21 heavy (non-hydrogen) atoms. The molecule has 1 aromatic rings. The third-order valence-electron chi connectivity index (χ3n) is 4.96. The van der Waals surface area contributed by atoms with Crippen LogP contribution in [-0.4, -0.2) is 17.2 Å². The van der Waals surface area contributed by atoms with Gasteiger partial charge in [-0.25, -0.2) is 0 Å². The van der Waals surface area contributed by atoms with Crippen LogP contribution in [0.25, 0.3) is 0 Å². The number of aryl methyl sites for hydroxylation is 2. The Hall–Kier alpha value is -0.860. The molecule has 1 aromatic carbocycles. The zero-order chi connectivity index (χ0) is 15.4. The molecular weight excluding hydrogens is 258 g/mol. The van der Waals surface area contributed by atoms with Crippen molar-refractivity contribution < 1.29 is 5.11 Å². The third-order valence-corrected chi connectivity index (χ3v) is 4.96. The van der Waals surface area contributed by atoms with Gasteiger partial charge in [0.15, 0.2) is 0 Å². The number of hydrogen-bond donors (Lipinski definition) is 2. The molecule has 1 aliphatic rings. The highest BCUT2D eigenvalue weighted by molar-refractivity contribution is 5.31. The van der Waals surface area contributed by atoms with Crippen molar-refractivity contribution in [2.45, 2.75) is 78.0 Å². The van der Waals surface area contributed by atoms with Crippen LogP contribution in [0.1, 0.15) is 68.7 Å². The first kappa shape index (κ1) is 16.5. The maximum Gasteiger partial charge on any atom is 0.0945 e. The number of aliphatic hydroxyl groups excluding tert-OH is 1. The zero-order valence-corrected chi connectivity index (χ0v) is 14.0. The SMILES string of the molecule is Cc1ccc(C(O)C(NC2CCCCC2)C(C)C)cc1C. The van der Waals surface area contributed by atoms with Crippen molar-refractivity contribution in [2.24, 2.45) is 5.92 Å². The Balaban J connectivity index is 2.10. The maximum atomic E-state index is 10.8. The molecule has 1 aliphatic carbocycles. The first-order valence-electron chi connectivity index (χ1n) is 8.50. The summed E-state index contributed by atoms with van der Waals surface area (Å²) in [7, 11) is 0. The van der Waals surface area contributed by atoms with Crippen molar-refractivity contribution in [2.75, 3.05) is 0 Å². The van der Waals surface area contributed by atoms with Crippen molar-refractivity contribution in [1.82, 2.24) is 5.32 Å². The van der Waals surface area contributed by atoms with E-state index in [9.17, 15) is 5.11 Å². The Morgan fingerprint density at radius 3 is 2.29 bits per heavy atom. The van der Waals surface area contributed by atoms with Crippen molar-refractivity contribution >= 4 is 0 Å². The number of rotatable bonds is 5. The lowest BCUT2D eigenvalue weighted by Gasteiger charge is -2.34. The lowest BCUT2D eigenvalue weighted by molar-refractivity contribution is 0.0934. The molecular formula is C19H31NO. The average molecular weight is 289 g/mol. The maximum absolute atomic E-state index is 10.8. The number of hydrogen-bond acceptors (Lipinski definition) is 2. The largest absolute Gasteiger partial charge is 0.387 e. The van der Waals surface area contributed by atoms with Crippen LogP contribution in [-0.2, 0) is 0 Å². The van der Waals surface area contributed by atoms with E-state index in [-0.39, 0.29) is 6.04 Å². The monoisotopic (exact) mass is 289 g/mol. The lowest BCUT2D eigenvalue weighted by atomic mass is 9.88. The first-order valence-corrected chi connectivity index (χ1v) is 8.50. The van der Waals surface area contributed by atoms with Crippen LogP contribution in [0.15, 0.2) is 18.2 Å². The van der Waals surface area contributed by atoms with Gasteiger partial charge in [-0.3, -0.25) is 0 Å². The fourth-order valence-corrected chi connectivity index (χ4v) is 3.35. The molecule has 0 bridgehead atoms. The van der Waals surface area contributed by atoms with E-state index in [1.807, 2.05) is 0 Å². The molecule has 0 aromatic heterocycles. The second kappa shape index (κ2) is 7.42. The van der Waals surface area contributed by atoms with Gasteiger partial charge >= 0.3 is 0 Å². The van der Waals surface area contributed by atoms with Gasteiger partial charge in [0, 0.05) is 12.1 Å². The molecule has 2 unspecified atom stereocenters. The molecule has 1 fully saturated rings. The van der Waals surface area contributed by atoms with E-state index < -0.39 is 6.10 Å². The third kappa shape index (κ3) is 4.31. The van der Waals surface area contributed by atoms with Crippen LogP contribution in [0.2, 0.25) is 0 Å². The summed E-state index contributed by atoms with van der Waals surface area (Å²) in [6.07, 6.45) is 6.09. The summed E-state index contributed by atoms with van der Waals surface area (Å²) in [5, 5.41) is 14.6. The molecule has 2 nitrogen and oxygen atoms in total. The minimum absolute atomic E-state index is 0.134. The summed E-state index contributed by atoms with van der Waals surface area (Å²) >= 11 is 0. The number of nitrogens with one attached hydrogen (secondary N) is 1. The predicted octanol–water partition coefficient (Wildman–Crippen LogP) is 4.28. The molecule has 118 valence electrons. The number of aliphatic hydroxyl groups is 1. The highest BCUT2D eigenvalue weighted by atomic mass is 16.3. The second-order valence-electron chi connectivity index (χ2n) is 7.06. The van der Waals surface area contributed by atoms with Gasteiger partial charge in [-0.15, -0.1) is 0 Å². The fourth-order valence-electron chi connectivity index (χ4n) is 3.35. The molecule has 2 atom stereocenters. The Morgan fingerprint density at radius 2 is 1.71 bits per heavy atom. The van der Waals surface area contributed by atoms with E-state index >= 15 is 0 Å². The standard InChI is InChI=1S/C19H31NO/c1-13(2)18(20-17-8-6-5-7-9-17)19(21)16-11-10-14(3)15(4)12-16/h10-13,17-21H,5-9H2,1-4H3. The molecule has 0 spiro atoms. The quantitative estimate of drug-likeness (QED) is 0.848. The predicted molar refractivity (Wildman–Crippen MR) is 89.5 cm³/mol. The Morgan fingerprint density at radius 1 is 1.05 bits per heavy atom. The van der Waals surface area contributed by atoms with Crippen molar-refractivity contribution in [3.8, 4) is 0 Å². The topological polar surface area (TPSA) is 32.3 Å². The minimum Gasteiger partial charge on any atom is -0.387 e. The smallest absolute Gasteiger partial charge is 0.0945 e. The molecule has 1 saturated carbocycles. The van der Waals surface area contributed by atoms with Crippen LogP contribution in [0.3, 0.4) is 0 Å².